The number of benzene rings is 2. The van der Waals surface area contributed by atoms with Crippen LogP contribution in [0, 0.1) is 0 Å². The van der Waals surface area contributed by atoms with E-state index in [1.807, 2.05) is 59.2 Å². The van der Waals surface area contributed by atoms with Gasteiger partial charge in [0.2, 0.25) is 5.91 Å². The predicted octanol–water partition coefficient (Wildman–Crippen LogP) is 4.09. The van der Waals surface area contributed by atoms with Crippen LogP contribution in [0.1, 0.15) is 45.6 Å². The number of hydrogen-bond donors (Lipinski definition) is 3. The number of nitrogens with two attached hydrogens (primary N) is 1. The topological polar surface area (TPSA) is 150 Å². The lowest BCUT2D eigenvalue weighted by Gasteiger charge is -2.21. The number of ether oxygens (including phenoxy) is 2. The van der Waals surface area contributed by atoms with Gasteiger partial charge in [-0.05, 0) is 45.2 Å². The lowest BCUT2D eigenvalue weighted by atomic mass is 10.1. The van der Waals surface area contributed by atoms with Gasteiger partial charge in [0.1, 0.15) is 23.8 Å². The van der Waals surface area contributed by atoms with Crippen molar-refractivity contribution < 1.29 is 23.9 Å². The molecule has 0 saturated heterocycles. The van der Waals surface area contributed by atoms with Crippen LogP contribution in [-0.2, 0) is 32.2 Å². The summed E-state index contributed by atoms with van der Waals surface area (Å²) in [4.78, 5) is 46.7. The van der Waals surface area contributed by atoms with Crippen molar-refractivity contribution in [2.75, 3.05) is 12.3 Å². The Balaban J connectivity index is 1.35. The van der Waals surface area contributed by atoms with Crippen LogP contribution in [0.3, 0.4) is 0 Å². The Morgan fingerprint density at radius 1 is 1.05 bits per heavy atom. The summed E-state index contributed by atoms with van der Waals surface area (Å²) in [7, 11) is 0. The van der Waals surface area contributed by atoms with Crippen molar-refractivity contribution in [1.29, 1.82) is 0 Å². The molecule has 0 aliphatic rings. The molecule has 0 bridgehead atoms. The van der Waals surface area contributed by atoms with E-state index >= 15 is 0 Å². The van der Waals surface area contributed by atoms with Crippen LogP contribution in [0.25, 0.3) is 21.9 Å². The number of esters is 1. The van der Waals surface area contributed by atoms with Gasteiger partial charge in [-0.2, -0.15) is 0 Å². The molecule has 0 aliphatic carbocycles. The number of imidazole rings is 1. The van der Waals surface area contributed by atoms with E-state index in [-0.39, 0.29) is 19.4 Å². The number of carbonyl (C=O) groups is 3. The molecule has 0 saturated carbocycles. The number of para-hydroxylation sites is 1. The summed E-state index contributed by atoms with van der Waals surface area (Å²) in [5, 5.41) is 6.40. The zero-order valence-corrected chi connectivity index (χ0v) is 23.6. The summed E-state index contributed by atoms with van der Waals surface area (Å²) in [5.41, 5.74) is 8.58. The Morgan fingerprint density at radius 3 is 2.54 bits per heavy atom. The van der Waals surface area contributed by atoms with Gasteiger partial charge in [-0.25, -0.2) is 14.8 Å². The minimum atomic E-state index is -0.977. The molecule has 11 nitrogen and oxygen atoms in total. The summed E-state index contributed by atoms with van der Waals surface area (Å²) in [5.74, 6) is -0.508. The van der Waals surface area contributed by atoms with Gasteiger partial charge in [-0.3, -0.25) is 9.59 Å². The van der Waals surface area contributed by atoms with Crippen LogP contribution in [0.5, 0.6) is 0 Å². The largest absolute Gasteiger partial charge is 0.460 e. The molecular formula is C30H36N6O5. The maximum absolute atomic E-state index is 13.1. The second-order valence-electron chi connectivity index (χ2n) is 10.7. The summed E-state index contributed by atoms with van der Waals surface area (Å²) >= 11 is 0. The Morgan fingerprint density at radius 2 is 1.78 bits per heavy atom. The van der Waals surface area contributed by atoms with E-state index in [1.54, 1.807) is 27.1 Å². The first kappa shape index (κ1) is 29.3. The normalized spacial score (nSPS) is 12.2. The van der Waals surface area contributed by atoms with E-state index < -0.39 is 29.6 Å². The van der Waals surface area contributed by atoms with E-state index in [9.17, 15) is 14.4 Å². The minimum absolute atomic E-state index is 0.0438. The third-order valence-electron chi connectivity index (χ3n) is 6.23. The molecule has 0 radical (unpaired) electrons. The van der Waals surface area contributed by atoms with Crippen molar-refractivity contribution in [3.05, 3.63) is 66.5 Å². The number of pyridine rings is 1. The highest BCUT2D eigenvalue weighted by Crippen LogP contribution is 2.27. The molecule has 2 aromatic carbocycles. The number of nitrogens with zero attached hydrogens (tertiary/aromatic N) is 3. The number of aromatic nitrogens is 3. The van der Waals surface area contributed by atoms with Crippen molar-refractivity contribution >= 4 is 45.7 Å². The van der Waals surface area contributed by atoms with Crippen molar-refractivity contribution in [1.82, 2.24) is 25.2 Å². The second-order valence-corrected chi connectivity index (χ2v) is 10.7. The molecule has 4 rings (SSSR count). The Kier molecular flexibility index (Phi) is 9.38. The smallest absolute Gasteiger partial charge is 0.408 e. The summed E-state index contributed by atoms with van der Waals surface area (Å²) in [6.07, 6.45) is 1.57. The number of nitrogen functional groups attached to an aromatic ring is 1. The zero-order chi connectivity index (χ0) is 29.4. The lowest BCUT2D eigenvalue weighted by Crippen LogP contribution is -2.47. The first-order chi connectivity index (χ1) is 19.6. The maximum Gasteiger partial charge on any atom is 0.408 e. The van der Waals surface area contributed by atoms with E-state index in [0.717, 1.165) is 22.0 Å². The van der Waals surface area contributed by atoms with Gasteiger partial charge in [0.25, 0.3) is 0 Å². The average molecular weight is 561 g/mol. The number of alkyl carbamates (subject to hydrolysis) is 1. The molecule has 0 aliphatic heterocycles. The molecular weight excluding hydrogens is 524 g/mol. The van der Waals surface area contributed by atoms with Gasteiger partial charge in [-0.15, -0.1) is 0 Å². The van der Waals surface area contributed by atoms with Crippen LogP contribution in [0.4, 0.5) is 10.6 Å². The van der Waals surface area contributed by atoms with E-state index in [0.29, 0.717) is 30.8 Å². The van der Waals surface area contributed by atoms with E-state index in [4.69, 9.17) is 15.2 Å². The fourth-order valence-electron chi connectivity index (χ4n) is 4.39. The highest BCUT2D eigenvalue weighted by molar-refractivity contribution is 6.06. The number of anilines is 1. The van der Waals surface area contributed by atoms with Gasteiger partial charge in [0, 0.05) is 24.9 Å². The molecule has 1 atom stereocenters. The Bertz CT molecular complexity index is 1510. The van der Waals surface area contributed by atoms with Crippen LogP contribution in [0.15, 0.2) is 60.9 Å². The van der Waals surface area contributed by atoms with Crippen molar-refractivity contribution in [2.24, 2.45) is 0 Å². The molecule has 216 valence electrons. The van der Waals surface area contributed by atoms with Crippen molar-refractivity contribution in [3.8, 4) is 0 Å². The van der Waals surface area contributed by atoms with Crippen LogP contribution >= 0.6 is 0 Å². The number of aryl methyl sites for hydroxylation is 1. The van der Waals surface area contributed by atoms with Crippen molar-refractivity contribution in [3.63, 3.8) is 0 Å². The first-order valence-corrected chi connectivity index (χ1v) is 13.6. The van der Waals surface area contributed by atoms with Crippen LogP contribution < -0.4 is 16.4 Å². The van der Waals surface area contributed by atoms with Gasteiger partial charge in [0.05, 0.1) is 17.4 Å². The summed E-state index contributed by atoms with van der Waals surface area (Å²) < 4.78 is 12.6. The molecule has 41 heavy (non-hydrogen) atoms. The molecule has 2 amide bonds. The van der Waals surface area contributed by atoms with Crippen LogP contribution in [-0.4, -0.2) is 50.7 Å². The average Bonchev–Trinajstić information content (AvgIpc) is 3.37. The maximum atomic E-state index is 13.1. The molecule has 11 heteroatoms. The minimum Gasteiger partial charge on any atom is -0.460 e. The number of rotatable bonds is 11. The molecule has 0 fully saturated rings. The molecule has 2 aromatic heterocycles. The van der Waals surface area contributed by atoms with Gasteiger partial charge in [0.15, 0.2) is 5.82 Å². The molecule has 4 aromatic rings. The Hall–Kier alpha value is -4.67. The summed E-state index contributed by atoms with van der Waals surface area (Å²) in [6.45, 7) is 6.27. The van der Waals surface area contributed by atoms with Gasteiger partial charge >= 0.3 is 12.1 Å². The molecule has 2 heterocycles. The number of amides is 2. The lowest BCUT2D eigenvalue weighted by molar-refractivity contribution is -0.155. The fourth-order valence-corrected chi connectivity index (χ4v) is 4.39. The fraction of sp³-hybridized carbons (Fsp3) is 0.367. The highest BCUT2D eigenvalue weighted by Gasteiger charge is 2.24. The zero-order valence-electron chi connectivity index (χ0n) is 23.6. The second kappa shape index (κ2) is 13.1. The molecule has 4 N–H and O–H groups in total. The Labute approximate surface area is 238 Å². The third-order valence-corrected chi connectivity index (χ3v) is 6.23. The number of nitrogens with one attached hydrogen (secondary N) is 2. The highest BCUT2D eigenvalue weighted by atomic mass is 16.6. The van der Waals surface area contributed by atoms with Gasteiger partial charge < -0.3 is 30.4 Å². The van der Waals surface area contributed by atoms with Gasteiger partial charge in [-0.1, -0.05) is 48.5 Å². The third kappa shape index (κ3) is 8.17. The summed E-state index contributed by atoms with van der Waals surface area (Å²) in [6, 6.07) is 15.9. The SMILES string of the molecule is CC(C)(C)OC(=O)CC[C@H](NC(=O)OCc1ccccc1)C(=O)NCCCn1cnc2c(N)nc3ccccc3c21. The standard InChI is InChI=1S/C30H36N6O5/c1-30(2,3)41-24(37)15-14-23(35-29(39)40-18-20-10-5-4-6-11-20)28(38)32-16-9-17-36-19-33-25-26(36)21-12-7-8-13-22(21)34-27(25)31/h4-8,10-13,19,23H,9,14-18H2,1-3H3,(H2,31,34)(H,32,38)(H,35,39)/t23-/m0/s1. The monoisotopic (exact) mass is 560 g/mol. The number of hydrogen-bond acceptors (Lipinski definition) is 8. The predicted molar refractivity (Wildman–Crippen MR) is 156 cm³/mol. The number of fused-ring (bicyclic) bond motifs is 3. The first-order valence-electron chi connectivity index (χ1n) is 13.6. The molecule has 0 unspecified atom stereocenters. The van der Waals surface area contributed by atoms with E-state index in [2.05, 4.69) is 20.6 Å². The molecule has 0 spiro atoms. The van der Waals surface area contributed by atoms with E-state index in [1.165, 1.54) is 0 Å². The van der Waals surface area contributed by atoms with Crippen molar-refractivity contribution in [2.45, 2.75) is 64.8 Å². The quantitative estimate of drug-likeness (QED) is 0.183. The van der Waals surface area contributed by atoms with Crippen LogP contribution in [0.2, 0.25) is 0 Å². The number of carbonyl (C=O) groups excluding carboxylic acids is 3.